The zero-order chi connectivity index (χ0) is 11.7. The van der Waals surface area contributed by atoms with Gasteiger partial charge >= 0.3 is 0 Å². The van der Waals surface area contributed by atoms with E-state index in [4.69, 9.17) is 0 Å². The summed E-state index contributed by atoms with van der Waals surface area (Å²) in [6.07, 6.45) is 2.74. The van der Waals surface area contributed by atoms with E-state index >= 15 is 0 Å². The molecule has 0 amide bonds. The lowest BCUT2D eigenvalue weighted by molar-refractivity contribution is 0.201. The lowest BCUT2D eigenvalue weighted by atomic mass is 10.2. The summed E-state index contributed by atoms with van der Waals surface area (Å²) in [4.78, 5) is 0. The van der Waals surface area contributed by atoms with Gasteiger partial charge in [-0.25, -0.2) is 0 Å². The molecule has 0 aliphatic carbocycles. The highest BCUT2D eigenvalue weighted by atomic mass is 79.9. The van der Waals surface area contributed by atoms with Crippen LogP contribution in [-0.4, -0.2) is 24.7 Å². The maximum Gasteiger partial charge on any atom is 0.140 e. The molecular formula is C10H13BrN4O. The van der Waals surface area contributed by atoms with Crippen molar-refractivity contribution in [1.82, 2.24) is 19.6 Å². The van der Waals surface area contributed by atoms with E-state index in [0.29, 0.717) is 12.2 Å². The summed E-state index contributed by atoms with van der Waals surface area (Å²) in [7, 11) is 1.82. The predicted octanol–water partition coefficient (Wildman–Crippen LogP) is 1.48. The first-order valence-electron chi connectivity index (χ1n) is 5.02. The minimum absolute atomic E-state index is 0.624. The number of nitrogens with zero attached hydrogens (tertiary/aromatic N) is 4. The molecule has 16 heavy (non-hydrogen) atoms. The summed E-state index contributed by atoms with van der Waals surface area (Å²) >= 11 is 3.38. The van der Waals surface area contributed by atoms with Crippen molar-refractivity contribution in [2.24, 2.45) is 7.05 Å². The Morgan fingerprint density at radius 2 is 2.31 bits per heavy atom. The topological polar surface area (TPSA) is 55.9 Å². The summed E-state index contributed by atoms with van der Waals surface area (Å²) in [6, 6.07) is 1.80. The van der Waals surface area contributed by atoms with Crippen LogP contribution >= 0.6 is 15.9 Å². The molecule has 2 aromatic heterocycles. The Morgan fingerprint density at radius 3 is 2.88 bits per heavy atom. The van der Waals surface area contributed by atoms with Gasteiger partial charge in [0, 0.05) is 19.8 Å². The zero-order valence-corrected chi connectivity index (χ0v) is 10.7. The van der Waals surface area contributed by atoms with Gasteiger partial charge in [0.2, 0.25) is 0 Å². The molecule has 0 spiro atoms. The molecule has 0 bridgehead atoms. The number of aliphatic hydroxyl groups is 1. The number of aromatic nitrogens is 4. The molecule has 2 aromatic rings. The Kier molecular flexibility index (Phi) is 3.11. The largest absolute Gasteiger partial charge is 0.380 e. The standard InChI is InChI=1S/C10H13BrN4O/c1-3-15-9(7(11)6-12-15)10(16)8-4-5-14(2)13-8/h4-6,10,16H,3H2,1-2H3. The first kappa shape index (κ1) is 11.3. The van der Waals surface area contributed by atoms with Gasteiger partial charge in [0.05, 0.1) is 22.1 Å². The van der Waals surface area contributed by atoms with Gasteiger partial charge in [-0.2, -0.15) is 10.2 Å². The second kappa shape index (κ2) is 4.39. The summed E-state index contributed by atoms with van der Waals surface area (Å²) in [5, 5.41) is 18.6. The highest BCUT2D eigenvalue weighted by Gasteiger charge is 2.20. The number of hydrogen-bond donors (Lipinski definition) is 1. The molecule has 0 aromatic carbocycles. The second-order valence-electron chi connectivity index (χ2n) is 3.51. The molecular weight excluding hydrogens is 272 g/mol. The van der Waals surface area contributed by atoms with E-state index in [0.717, 1.165) is 10.2 Å². The number of aryl methyl sites for hydroxylation is 2. The molecule has 0 saturated carbocycles. The Balaban J connectivity index is 2.40. The third-order valence-electron chi connectivity index (χ3n) is 2.41. The highest BCUT2D eigenvalue weighted by Crippen LogP contribution is 2.27. The van der Waals surface area contributed by atoms with Crippen molar-refractivity contribution < 1.29 is 5.11 Å². The van der Waals surface area contributed by atoms with Crippen LogP contribution in [0.3, 0.4) is 0 Å². The molecule has 1 N–H and O–H groups in total. The second-order valence-corrected chi connectivity index (χ2v) is 4.36. The maximum absolute atomic E-state index is 10.2. The molecule has 0 aliphatic heterocycles. The molecule has 0 saturated heterocycles. The predicted molar refractivity (Wildman–Crippen MR) is 62.9 cm³/mol. The molecule has 2 heterocycles. The van der Waals surface area contributed by atoms with Gasteiger partial charge in [-0.1, -0.05) is 0 Å². The molecule has 1 unspecified atom stereocenters. The van der Waals surface area contributed by atoms with Crippen LogP contribution in [0.15, 0.2) is 22.9 Å². The third kappa shape index (κ3) is 1.90. The van der Waals surface area contributed by atoms with Crippen LogP contribution in [0.2, 0.25) is 0 Å². The minimum atomic E-state index is -0.752. The minimum Gasteiger partial charge on any atom is -0.380 e. The normalized spacial score (nSPS) is 13.0. The summed E-state index contributed by atoms with van der Waals surface area (Å²) < 4.78 is 4.22. The Hall–Kier alpha value is -1.14. The van der Waals surface area contributed by atoms with Crippen molar-refractivity contribution in [3.63, 3.8) is 0 Å². The SMILES string of the molecule is CCn1ncc(Br)c1C(O)c1ccn(C)n1. The van der Waals surface area contributed by atoms with Gasteiger partial charge in [0.15, 0.2) is 0 Å². The fourth-order valence-corrected chi connectivity index (χ4v) is 2.13. The Bertz CT molecular complexity index is 491. The van der Waals surface area contributed by atoms with Gasteiger partial charge in [-0.15, -0.1) is 0 Å². The van der Waals surface area contributed by atoms with E-state index in [-0.39, 0.29) is 0 Å². The van der Waals surface area contributed by atoms with E-state index in [1.807, 2.05) is 14.0 Å². The highest BCUT2D eigenvalue weighted by molar-refractivity contribution is 9.10. The molecule has 0 radical (unpaired) electrons. The van der Waals surface area contributed by atoms with Gasteiger partial charge in [-0.3, -0.25) is 9.36 Å². The third-order valence-corrected chi connectivity index (χ3v) is 3.02. The molecule has 86 valence electrons. The van der Waals surface area contributed by atoms with Gasteiger partial charge in [0.1, 0.15) is 6.10 Å². The monoisotopic (exact) mass is 284 g/mol. The number of rotatable bonds is 3. The van der Waals surface area contributed by atoms with Crippen LogP contribution in [0.5, 0.6) is 0 Å². The molecule has 2 rings (SSSR count). The Morgan fingerprint density at radius 1 is 1.56 bits per heavy atom. The van der Waals surface area contributed by atoms with Crippen LogP contribution < -0.4 is 0 Å². The summed E-state index contributed by atoms with van der Waals surface area (Å²) in [6.45, 7) is 2.69. The fourth-order valence-electron chi connectivity index (χ4n) is 1.61. The number of hydrogen-bond acceptors (Lipinski definition) is 3. The molecule has 0 aliphatic rings. The Labute approximate surface area is 102 Å². The number of halogens is 1. The number of aliphatic hydroxyl groups excluding tert-OH is 1. The molecule has 1 atom stereocenters. The maximum atomic E-state index is 10.2. The quantitative estimate of drug-likeness (QED) is 0.929. The zero-order valence-electron chi connectivity index (χ0n) is 9.13. The average Bonchev–Trinajstić information content (AvgIpc) is 2.83. The van der Waals surface area contributed by atoms with Crippen molar-refractivity contribution in [1.29, 1.82) is 0 Å². The molecule has 6 heteroatoms. The van der Waals surface area contributed by atoms with E-state index in [9.17, 15) is 5.11 Å². The van der Waals surface area contributed by atoms with Gasteiger partial charge in [-0.05, 0) is 28.9 Å². The van der Waals surface area contributed by atoms with Crippen LogP contribution in [0.1, 0.15) is 24.4 Å². The van der Waals surface area contributed by atoms with E-state index in [2.05, 4.69) is 26.1 Å². The molecule has 5 nitrogen and oxygen atoms in total. The first-order chi connectivity index (χ1) is 7.63. The lowest BCUT2D eigenvalue weighted by Crippen LogP contribution is -2.10. The van der Waals surface area contributed by atoms with Crippen molar-refractivity contribution >= 4 is 15.9 Å². The van der Waals surface area contributed by atoms with Gasteiger partial charge < -0.3 is 5.11 Å². The summed E-state index contributed by atoms with van der Waals surface area (Å²) in [5.41, 5.74) is 1.36. The average molecular weight is 285 g/mol. The van der Waals surface area contributed by atoms with Crippen molar-refractivity contribution in [3.8, 4) is 0 Å². The fraction of sp³-hybridized carbons (Fsp3) is 0.400. The van der Waals surface area contributed by atoms with Crippen LogP contribution in [-0.2, 0) is 13.6 Å². The lowest BCUT2D eigenvalue weighted by Gasteiger charge is -2.10. The van der Waals surface area contributed by atoms with E-state index < -0.39 is 6.10 Å². The van der Waals surface area contributed by atoms with Crippen molar-refractivity contribution in [2.75, 3.05) is 0 Å². The van der Waals surface area contributed by atoms with Crippen LogP contribution in [0, 0.1) is 0 Å². The first-order valence-corrected chi connectivity index (χ1v) is 5.81. The van der Waals surface area contributed by atoms with E-state index in [1.165, 1.54) is 0 Å². The van der Waals surface area contributed by atoms with Gasteiger partial charge in [0.25, 0.3) is 0 Å². The van der Waals surface area contributed by atoms with Crippen LogP contribution in [0.25, 0.3) is 0 Å². The smallest absolute Gasteiger partial charge is 0.140 e. The molecule has 0 fully saturated rings. The van der Waals surface area contributed by atoms with Crippen LogP contribution in [0.4, 0.5) is 0 Å². The van der Waals surface area contributed by atoms with Crippen molar-refractivity contribution in [2.45, 2.75) is 19.6 Å². The summed E-state index contributed by atoms with van der Waals surface area (Å²) in [5.74, 6) is 0. The van der Waals surface area contributed by atoms with E-state index in [1.54, 1.807) is 27.8 Å². The van der Waals surface area contributed by atoms with Crippen molar-refractivity contribution in [3.05, 3.63) is 34.3 Å².